The first-order valence-electron chi connectivity index (χ1n) is 7.96. The molecule has 1 N–H and O–H groups in total. The molecule has 3 rings (SSSR count). The van der Waals surface area contributed by atoms with Gasteiger partial charge < -0.3 is 10.1 Å². The molecular formula is C20H18N2O3S. The molecule has 132 valence electrons. The fourth-order valence-corrected chi connectivity index (χ4v) is 3.34. The molecule has 0 saturated heterocycles. The number of hydrogen-bond donors (Lipinski definition) is 1. The Kier molecular flexibility index (Phi) is 5.34. The largest absolute Gasteiger partial charge is 0.452 e. The van der Waals surface area contributed by atoms with Crippen molar-refractivity contribution in [2.24, 2.45) is 0 Å². The quantitative estimate of drug-likeness (QED) is 0.717. The summed E-state index contributed by atoms with van der Waals surface area (Å²) >= 11 is 1.41. The summed E-state index contributed by atoms with van der Waals surface area (Å²) in [6.45, 7) is 0. The average molecular weight is 366 g/mol. The molecule has 5 nitrogen and oxygen atoms in total. The predicted octanol–water partition coefficient (Wildman–Crippen LogP) is 4.87. The second-order valence-electron chi connectivity index (χ2n) is 5.56. The van der Waals surface area contributed by atoms with Gasteiger partial charge in [0.05, 0.1) is 12.0 Å². The van der Waals surface area contributed by atoms with Gasteiger partial charge in [0.15, 0.2) is 0 Å². The minimum Gasteiger partial charge on any atom is -0.452 e. The standard InChI is InChI=1S/C20H18N2O3S/c1-22(20(24)25-2)16-10-8-15(9-11-16)21-19(23)18-17(12-13-26-18)14-6-4-3-5-7-14/h3-13H,1-2H3,(H,21,23). The van der Waals surface area contributed by atoms with Crippen LogP contribution in [0.1, 0.15) is 9.67 Å². The highest BCUT2D eigenvalue weighted by molar-refractivity contribution is 7.12. The van der Waals surface area contributed by atoms with Gasteiger partial charge in [-0.05, 0) is 41.3 Å². The number of hydrogen-bond acceptors (Lipinski definition) is 4. The lowest BCUT2D eigenvalue weighted by molar-refractivity contribution is 0.103. The van der Waals surface area contributed by atoms with Crippen molar-refractivity contribution in [2.75, 3.05) is 24.4 Å². The first-order chi connectivity index (χ1) is 12.6. The highest BCUT2D eigenvalue weighted by atomic mass is 32.1. The second kappa shape index (κ2) is 7.84. The molecule has 26 heavy (non-hydrogen) atoms. The molecule has 6 heteroatoms. The maximum absolute atomic E-state index is 12.7. The van der Waals surface area contributed by atoms with Crippen molar-refractivity contribution in [1.82, 2.24) is 0 Å². The minimum absolute atomic E-state index is 0.159. The van der Waals surface area contributed by atoms with E-state index >= 15 is 0 Å². The fourth-order valence-electron chi connectivity index (χ4n) is 2.53. The van der Waals surface area contributed by atoms with E-state index in [0.717, 1.165) is 11.1 Å². The molecule has 1 aromatic heterocycles. The molecular weight excluding hydrogens is 348 g/mol. The van der Waals surface area contributed by atoms with Crippen LogP contribution in [0.15, 0.2) is 66.0 Å². The second-order valence-corrected chi connectivity index (χ2v) is 6.48. The molecule has 2 aromatic carbocycles. The third kappa shape index (κ3) is 3.75. The highest BCUT2D eigenvalue weighted by Crippen LogP contribution is 2.29. The lowest BCUT2D eigenvalue weighted by Crippen LogP contribution is -2.25. The number of benzene rings is 2. The Balaban J connectivity index is 1.75. The van der Waals surface area contributed by atoms with E-state index in [0.29, 0.717) is 16.3 Å². The molecule has 0 aliphatic rings. The van der Waals surface area contributed by atoms with Crippen molar-refractivity contribution in [3.63, 3.8) is 0 Å². The Morgan fingerprint density at radius 3 is 2.35 bits per heavy atom. The number of methoxy groups -OCH3 is 1. The van der Waals surface area contributed by atoms with Crippen LogP contribution in [0.3, 0.4) is 0 Å². The SMILES string of the molecule is COC(=O)N(C)c1ccc(NC(=O)c2sccc2-c2ccccc2)cc1. The lowest BCUT2D eigenvalue weighted by atomic mass is 10.1. The molecule has 0 aliphatic carbocycles. The number of carbonyl (C=O) groups excluding carboxylic acids is 2. The van der Waals surface area contributed by atoms with Crippen LogP contribution in [0.25, 0.3) is 11.1 Å². The van der Waals surface area contributed by atoms with E-state index < -0.39 is 6.09 Å². The Bertz CT molecular complexity index is 904. The van der Waals surface area contributed by atoms with Crippen molar-refractivity contribution in [3.8, 4) is 11.1 Å². The van der Waals surface area contributed by atoms with E-state index in [1.165, 1.54) is 23.3 Å². The number of amides is 2. The van der Waals surface area contributed by atoms with Crippen molar-refractivity contribution < 1.29 is 14.3 Å². The number of nitrogens with one attached hydrogen (secondary N) is 1. The zero-order valence-electron chi connectivity index (χ0n) is 14.4. The third-order valence-electron chi connectivity index (χ3n) is 3.92. The predicted molar refractivity (Wildman–Crippen MR) is 105 cm³/mol. The van der Waals surface area contributed by atoms with Crippen molar-refractivity contribution >= 4 is 34.7 Å². The number of nitrogens with zero attached hydrogens (tertiary/aromatic N) is 1. The summed E-state index contributed by atoms with van der Waals surface area (Å²) in [5.74, 6) is -0.159. The fraction of sp³-hybridized carbons (Fsp3) is 0.100. The van der Waals surface area contributed by atoms with E-state index in [1.54, 1.807) is 31.3 Å². The maximum Gasteiger partial charge on any atom is 0.413 e. The molecule has 2 amide bonds. The van der Waals surface area contributed by atoms with E-state index in [4.69, 9.17) is 0 Å². The molecule has 3 aromatic rings. The van der Waals surface area contributed by atoms with E-state index in [9.17, 15) is 9.59 Å². The van der Waals surface area contributed by atoms with Gasteiger partial charge in [0.2, 0.25) is 0 Å². The van der Waals surface area contributed by atoms with Crippen molar-refractivity contribution in [3.05, 3.63) is 70.9 Å². The first kappa shape index (κ1) is 17.7. The number of thiophene rings is 1. The highest BCUT2D eigenvalue weighted by Gasteiger charge is 2.15. The number of carbonyl (C=O) groups is 2. The van der Waals surface area contributed by atoms with Crippen molar-refractivity contribution in [1.29, 1.82) is 0 Å². The molecule has 1 heterocycles. The molecule has 0 saturated carbocycles. The number of ether oxygens (including phenoxy) is 1. The Labute approximate surface area is 155 Å². The summed E-state index contributed by atoms with van der Waals surface area (Å²) in [6.07, 6.45) is -0.451. The van der Waals surface area contributed by atoms with Gasteiger partial charge in [-0.2, -0.15) is 0 Å². The van der Waals surface area contributed by atoms with Crippen LogP contribution in [0, 0.1) is 0 Å². The topological polar surface area (TPSA) is 58.6 Å². The molecule has 0 atom stereocenters. The molecule has 0 bridgehead atoms. The molecule has 0 aliphatic heterocycles. The van der Waals surface area contributed by atoms with Gasteiger partial charge in [-0.25, -0.2) is 4.79 Å². The van der Waals surface area contributed by atoms with Gasteiger partial charge in [0, 0.05) is 24.0 Å². The monoisotopic (exact) mass is 366 g/mol. The van der Waals surface area contributed by atoms with Gasteiger partial charge in [-0.15, -0.1) is 11.3 Å². The molecule has 0 fully saturated rings. The summed E-state index contributed by atoms with van der Waals surface area (Å²) in [4.78, 5) is 26.2. The maximum atomic E-state index is 12.7. The van der Waals surface area contributed by atoms with Gasteiger partial charge in [0.1, 0.15) is 0 Å². The van der Waals surface area contributed by atoms with Crippen LogP contribution in [-0.2, 0) is 4.74 Å². The Morgan fingerprint density at radius 2 is 1.69 bits per heavy atom. The van der Waals surface area contributed by atoms with Crippen LogP contribution in [-0.4, -0.2) is 26.2 Å². The van der Waals surface area contributed by atoms with Gasteiger partial charge >= 0.3 is 6.09 Å². The Hall–Kier alpha value is -3.12. The summed E-state index contributed by atoms with van der Waals surface area (Å²) in [5, 5.41) is 4.81. The average Bonchev–Trinajstić information content (AvgIpc) is 3.18. The van der Waals surface area contributed by atoms with E-state index in [2.05, 4.69) is 10.1 Å². The van der Waals surface area contributed by atoms with Gasteiger partial charge in [-0.3, -0.25) is 9.69 Å². The minimum atomic E-state index is -0.451. The van der Waals surface area contributed by atoms with Crippen molar-refractivity contribution in [2.45, 2.75) is 0 Å². The summed E-state index contributed by atoms with van der Waals surface area (Å²) in [6, 6.07) is 18.8. The van der Waals surface area contributed by atoms with Crippen LogP contribution in [0.4, 0.5) is 16.2 Å². The van der Waals surface area contributed by atoms with E-state index in [1.807, 2.05) is 41.8 Å². The lowest BCUT2D eigenvalue weighted by Gasteiger charge is -2.16. The molecule has 0 unspecified atom stereocenters. The number of anilines is 2. The van der Waals surface area contributed by atoms with Crippen LogP contribution < -0.4 is 10.2 Å². The van der Waals surface area contributed by atoms with Crippen LogP contribution in [0.2, 0.25) is 0 Å². The van der Waals surface area contributed by atoms with Crippen LogP contribution in [0.5, 0.6) is 0 Å². The van der Waals surface area contributed by atoms with E-state index in [-0.39, 0.29) is 5.91 Å². The van der Waals surface area contributed by atoms with Gasteiger partial charge in [0.25, 0.3) is 5.91 Å². The normalized spacial score (nSPS) is 10.2. The summed E-state index contributed by atoms with van der Waals surface area (Å²) in [5.41, 5.74) is 3.25. The summed E-state index contributed by atoms with van der Waals surface area (Å²) in [7, 11) is 2.95. The third-order valence-corrected chi connectivity index (χ3v) is 4.83. The Morgan fingerprint density at radius 1 is 1.00 bits per heavy atom. The zero-order chi connectivity index (χ0) is 18.5. The van der Waals surface area contributed by atoms with Gasteiger partial charge in [-0.1, -0.05) is 30.3 Å². The summed E-state index contributed by atoms with van der Waals surface area (Å²) < 4.78 is 4.68. The molecule has 0 spiro atoms. The zero-order valence-corrected chi connectivity index (χ0v) is 15.2. The first-order valence-corrected chi connectivity index (χ1v) is 8.84. The van der Waals surface area contributed by atoms with Crippen LogP contribution >= 0.6 is 11.3 Å². The smallest absolute Gasteiger partial charge is 0.413 e. The molecule has 0 radical (unpaired) electrons. The number of rotatable bonds is 4.